The van der Waals surface area contributed by atoms with Gasteiger partial charge in [-0.3, -0.25) is 14.9 Å². The van der Waals surface area contributed by atoms with Gasteiger partial charge >= 0.3 is 5.97 Å². The number of hydrogen-bond acceptors (Lipinski definition) is 9. The molecule has 10 nitrogen and oxygen atoms in total. The molecule has 3 N–H and O–H groups in total. The number of methoxy groups -OCH3 is 1. The number of carbonyl (C=O) groups excluding carboxylic acids is 2. The lowest BCUT2D eigenvalue weighted by Crippen LogP contribution is -2.25. The predicted molar refractivity (Wildman–Crippen MR) is 89.4 cm³/mol. The van der Waals surface area contributed by atoms with Crippen LogP contribution in [0.25, 0.3) is 0 Å². The minimum Gasteiger partial charge on any atom is -0.465 e. The molecule has 0 aliphatic carbocycles. The highest BCUT2D eigenvalue weighted by Gasteiger charge is 2.18. The van der Waals surface area contributed by atoms with Crippen molar-refractivity contribution in [3.05, 3.63) is 44.4 Å². The number of anilines is 1. The predicted octanol–water partition coefficient (Wildman–Crippen LogP) is 1.18. The molecular formula is C14H15N5O5S. The summed E-state index contributed by atoms with van der Waals surface area (Å²) in [5, 5.41) is 22.3. The molecule has 0 saturated heterocycles. The highest BCUT2D eigenvalue weighted by Crippen LogP contribution is 2.18. The Morgan fingerprint density at radius 3 is 2.64 bits per heavy atom. The Balaban J connectivity index is 2.01. The first-order valence-electron chi connectivity index (χ1n) is 7.14. The van der Waals surface area contributed by atoms with Crippen LogP contribution in [0.4, 0.5) is 10.8 Å². The first-order valence-corrected chi connectivity index (χ1v) is 7.96. The number of esters is 1. The fourth-order valence-corrected chi connectivity index (χ4v) is 2.65. The average molecular weight is 365 g/mol. The van der Waals surface area contributed by atoms with Gasteiger partial charge in [-0.1, -0.05) is 11.3 Å². The Morgan fingerprint density at radius 1 is 1.32 bits per heavy atom. The Labute approximate surface area is 146 Å². The Bertz CT molecular complexity index is 807. The van der Waals surface area contributed by atoms with Gasteiger partial charge in [0, 0.05) is 30.7 Å². The van der Waals surface area contributed by atoms with Crippen molar-refractivity contribution in [3.63, 3.8) is 0 Å². The number of ether oxygens (including phenoxy) is 1. The van der Waals surface area contributed by atoms with Crippen LogP contribution in [-0.2, 0) is 11.2 Å². The number of non-ortho nitro benzene ring substituents is 1. The molecule has 1 amide bonds. The van der Waals surface area contributed by atoms with Crippen LogP contribution < -0.4 is 11.1 Å². The van der Waals surface area contributed by atoms with Gasteiger partial charge in [-0.25, -0.2) is 4.79 Å². The van der Waals surface area contributed by atoms with Crippen LogP contribution in [0.15, 0.2) is 18.2 Å². The van der Waals surface area contributed by atoms with E-state index in [4.69, 9.17) is 5.73 Å². The van der Waals surface area contributed by atoms with E-state index in [0.717, 1.165) is 24.3 Å². The molecule has 1 aromatic heterocycles. The summed E-state index contributed by atoms with van der Waals surface area (Å²) in [6.07, 6.45) is 1.19. The number of nitro benzene ring substituents is 1. The fraction of sp³-hybridized carbons (Fsp3) is 0.286. The van der Waals surface area contributed by atoms with Crippen LogP contribution in [0.5, 0.6) is 0 Å². The topological polar surface area (TPSA) is 150 Å². The number of nitro groups is 1. The second-order valence-electron chi connectivity index (χ2n) is 4.91. The summed E-state index contributed by atoms with van der Waals surface area (Å²) in [5.74, 6) is -1.28. The van der Waals surface area contributed by atoms with Crippen molar-refractivity contribution < 1.29 is 19.2 Å². The highest BCUT2D eigenvalue weighted by molar-refractivity contribution is 7.15. The SMILES string of the molecule is COC(=O)c1cc(C(=O)NCCCc2nnc(N)s2)cc([N+](=O)[O-])c1. The zero-order valence-corrected chi connectivity index (χ0v) is 14.0. The van der Waals surface area contributed by atoms with Crippen LogP contribution in [0.2, 0.25) is 0 Å². The monoisotopic (exact) mass is 365 g/mol. The molecule has 0 bridgehead atoms. The van der Waals surface area contributed by atoms with Crippen molar-refractivity contribution >= 4 is 34.0 Å². The van der Waals surface area contributed by atoms with Crippen LogP contribution in [0.1, 0.15) is 32.1 Å². The number of benzene rings is 1. The molecule has 0 aliphatic rings. The third-order valence-electron chi connectivity index (χ3n) is 3.15. The van der Waals surface area contributed by atoms with Gasteiger partial charge in [-0.15, -0.1) is 10.2 Å². The third kappa shape index (κ3) is 4.94. The minimum atomic E-state index is -0.758. The molecular weight excluding hydrogens is 350 g/mol. The number of hydrogen-bond donors (Lipinski definition) is 2. The number of nitrogen functional groups attached to an aromatic ring is 1. The van der Waals surface area contributed by atoms with E-state index in [9.17, 15) is 19.7 Å². The van der Waals surface area contributed by atoms with Crippen LogP contribution in [0.3, 0.4) is 0 Å². The van der Waals surface area contributed by atoms with Crippen LogP contribution in [-0.4, -0.2) is 40.7 Å². The molecule has 2 aromatic rings. The van der Waals surface area contributed by atoms with Crippen molar-refractivity contribution in [1.29, 1.82) is 0 Å². The third-order valence-corrected chi connectivity index (χ3v) is 3.96. The van der Waals surface area contributed by atoms with E-state index in [2.05, 4.69) is 20.3 Å². The smallest absolute Gasteiger partial charge is 0.338 e. The maximum atomic E-state index is 12.2. The number of amides is 1. The summed E-state index contributed by atoms with van der Waals surface area (Å²) in [5.41, 5.74) is 5.06. The second-order valence-corrected chi connectivity index (χ2v) is 6.00. The van der Waals surface area contributed by atoms with Gasteiger partial charge in [-0.2, -0.15) is 0 Å². The first kappa shape index (κ1) is 18.3. The highest BCUT2D eigenvalue weighted by atomic mass is 32.1. The Hall–Kier alpha value is -3.08. The van der Waals surface area contributed by atoms with E-state index in [1.165, 1.54) is 17.4 Å². The number of nitrogens with one attached hydrogen (secondary N) is 1. The number of rotatable bonds is 7. The summed E-state index contributed by atoms with van der Waals surface area (Å²) in [4.78, 5) is 34.0. The van der Waals surface area contributed by atoms with E-state index < -0.39 is 16.8 Å². The van der Waals surface area contributed by atoms with E-state index >= 15 is 0 Å². The zero-order chi connectivity index (χ0) is 18.4. The number of aromatic nitrogens is 2. The molecule has 11 heteroatoms. The fourth-order valence-electron chi connectivity index (χ4n) is 1.99. The zero-order valence-electron chi connectivity index (χ0n) is 13.2. The lowest BCUT2D eigenvalue weighted by Gasteiger charge is -2.06. The van der Waals surface area contributed by atoms with Crippen LogP contribution >= 0.6 is 11.3 Å². The van der Waals surface area contributed by atoms with E-state index in [1.54, 1.807) is 0 Å². The summed E-state index contributed by atoms with van der Waals surface area (Å²) >= 11 is 1.27. The molecule has 1 heterocycles. The van der Waals surface area contributed by atoms with Gasteiger partial charge in [0.1, 0.15) is 5.01 Å². The van der Waals surface area contributed by atoms with E-state index in [0.29, 0.717) is 24.5 Å². The molecule has 0 saturated carbocycles. The Morgan fingerprint density at radius 2 is 2.04 bits per heavy atom. The largest absolute Gasteiger partial charge is 0.465 e. The lowest BCUT2D eigenvalue weighted by molar-refractivity contribution is -0.384. The molecule has 0 fully saturated rings. The van der Waals surface area contributed by atoms with Gasteiger partial charge in [0.15, 0.2) is 0 Å². The van der Waals surface area contributed by atoms with Crippen LogP contribution in [0, 0.1) is 10.1 Å². The molecule has 2 rings (SSSR count). The van der Waals surface area contributed by atoms with Gasteiger partial charge in [0.25, 0.3) is 11.6 Å². The van der Waals surface area contributed by atoms with Gasteiger partial charge in [-0.05, 0) is 12.5 Å². The number of nitrogens with two attached hydrogens (primary N) is 1. The first-order chi connectivity index (χ1) is 11.9. The lowest BCUT2D eigenvalue weighted by atomic mass is 10.1. The second kappa shape index (κ2) is 8.15. The number of aryl methyl sites for hydroxylation is 1. The molecule has 132 valence electrons. The van der Waals surface area contributed by atoms with Gasteiger partial charge < -0.3 is 15.8 Å². The van der Waals surface area contributed by atoms with Gasteiger partial charge in [0.05, 0.1) is 17.6 Å². The van der Waals surface area contributed by atoms with E-state index in [1.807, 2.05) is 0 Å². The molecule has 25 heavy (non-hydrogen) atoms. The maximum absolute atomic E-state index is 12.2. The van der Waals surface area contributed by atoms with Crippen molar-refractivity contribution in [2.45, 2.75) is 12.8 Å². The molecule has 0 aliphatic heterocycles. The minimum absolute atomic E-state index is 0.00904. The molecule has 0 radical (unpaired) electrons. The maximum Gasteiger partial charge on any atom is 0.338 e. The quantitative estimate of drug-likeness (QED) is 0.321. The summed E-state index contributed by atoms with van der Waals surface area (Å²) in [6.45, 7) is 0.328. The van der Waals surface area contributed by atoms with Crippen molar-refractivity contribution in [2.24, 2.45) is 0 Å². The molecule has 0 spiro atoms. The summed E-state index contributed by atoms with van der Waals surface area (Å²) in [7, 11) is 1.15. The van der Waals surface area contributed by atoms with Crippen molar-refractivity contribution in [3.8, 4) is 0 Å². The number of carbonyl (C=O) groups is 2. The standard InChI is InChI=1S/C14H15N5O5S/c1-24-13(21)9-5-8(6-10(7-9)19(22)23)12(20)16-4-2-3-11-17-18-14(15)25-11/h5-7H,2-4H2,1H3,(H2,15,18)(H,16,20). The van der Waals surface area contributed by atoms with Crippen molar-refractivity contribution in [2.75, 3.05) is 19.4 Å². The van der Waals surface area contributed by atoms with E-state index in [-0.39, 0.29) is 16.8 Å². The summed E-state index contributed by atoms with van der Waals surface area (Å²) < 4.78 is 4.54. The summed E-state index contributed by atoms with van der Waals surface area (Å²) in [6, 6.07) is 3.41. The Kier molecular flexibility index (Phi) is 5.95. The molecule has 0 unspecified atom stereocenters. The van der Waals surface area contributed by atoms with Crippen molar-refractivity contribution in [1.82, 2.24) is 15.5 Å². The normalized spacial score (nSPS) is 10.3. The number of nitrogens with zero attached hydrogens (tertiary/aromatic N) is 3. The molecule has 0 atom stereocenters. The van der Waals surface area contributed by atoms with Gasteiger partial charge in [0.2, 0.25) is 5.13 Å². The average Bonchev–Trinajstić information content (AvgIpc) is 3.02. The molecule has 1 aromatic carbocycles.